The van der Waals surface area contributed by atoms with Gasteiger partial charge >= 0.3 is 0 Å². The van der Waals surface area contributed by atoms with Gasteiger partial charge in [0.2, 0.25) is 0 Å². The molecule has 4 heteroatoms. The van der Waals surface area contributed by atoms with Gasteiger partial charge in [-0.2, -0.15) is 0 Å². The van der Waals surface area contributed by atoms with Crippen LogP contribution in [0.4, 0.5) is 0 Å². The van der Waals surface area contributed by atoms with Gasteiger partial charge in [0.05, 0.1) is 0 Å². The van der Waals surface area contributed by atoms with E-state index in [9.17, 15) is 10.4 Å². The predicted octanol–water partition coefficient (Wildman–Crippen LogP) is 0.929. The fourth-order valence-electron chi connectivity index (χ4n) is 1.21. The Morgan fingerprint density at radius 1 is 1.40 bits per heavy atom. The number of nitrogens with zero attached hydrogens (tertiary/aromatic N) is 2. The summed E-state index contributed by atoms with van der Waals surface area (Å²) in [4.78, 5) is 0. The molecule has 0 spiro atoms. The Balaban J connectivity index is 2.49. The first-order valence-electron chi connectivity index (χ1n) is 3.54. The zero-order valence-corrected chi connectivity index (χ0v) is 6.28. The summed E-state index contributed by atoms with van der Waals surface area (Å²) in [7, 11) is 0. The summed E-state index contributed by atoms with van der Waals surface area (Å²) in [5, 5.41) is 22.5. The van der Waals surface area contributed by atoms with Crippen LogP contribution in [0.5, 0.6) is 0 Å². The summed E-state index contributed by atoms with van der Waals surface area (Å²) >= 11 is 0. The second-order valence-electron chi connectivity index (χ2n) is 2.98. The molecule has 0 aliphatic carbocycles. The first-order chi connectivity index (χ1) is 4.63. The van der Waals surface area contributed by atoms with Crippen molar-refractivity contribution in [1.29, 1.82) is 0 Å². The molecule has 0 aromatic heterocycles. The highest BCUT2D eigenvalue weighted by Crippen LogP contribution is 2.21. The van der Waals surface area contributed by atoms with E-state index >= 15 is 0 Å². The van der Waals surface area contributed by atoms with E-state index < -0.39 is 0 Å². The van der Waals surface area contributed by atoms with Crippen molar-refractivity contribution in [3.8, 4) is 0 Å². The Labute approximate surface area is 60.5 Å². The third-order valence-corrected chi connectivity index (χ3v) is 1.89. The molecule has 0 aromatic rings. The van der Waals surface area contributed by atoms with E-state index in [1.807, 2.05) is 13.8 Å². The molecule has 60 valence electrons. The second-order valence-corrected chi connectivity index (χ2v) is 2.98. The third kappa shape index (κ3) is 1.29. The molecule has 1 aliphatic heterocycles. The summed E-state index contributed by atoms with van der Waals surface area (Å²) in [6.45, 7) is 4.26. The minimum atomic E-state index is -0.0995. The summed E-state index contributed by atoms with van der Waals surface area (Å²) in [6, 6.07) is -0.0995. The molecule has 0 radical (unpaired) electrons. The molecule has 1 heterocycles. The number of hydrazine groups is 1. The fourth-order valence-corrected chi connectivity index (χ4v) is 1.21. The normalized spacial score (nSPS) is 30.3. The number of rotatable bonds is 1. The molecule has 0 aromatic carbocycles. The Hall–Kier alpha value is -0.160. The van der Waals surface area contributed by atoms with Crippen molar-refractivity contribution in [3.63, 3.8) is 0 Å². The van der Waals surface area contributed by atoms with Gasteiger partial charge in [-0.1, -0.05) is 13.8 Å². The van der Waals surface area contributed by atoms with Crippen molar-refractivity contribution in [2.75, 3.05) is 6.54 Å². The highest BCUT2D eigenvalue weighted by atomic mass is 16.7. The van der Waals surface area contributed by atoms with Crippen LogP contribution in [0, 0.1) is 16.3 Å². The van der Waals surface area contributed by atoms with Crippen LogP contribution in [-0.4, -0.2) is 22.9 Å². The average molecular weight is 144 g/mol. The van der Waals surface area contributed by atoms with Gasteiger partial charge in [0.25, 0.3) is 0 Å². The SMILES string of the molecule is CC(C)C1CCN([O-])N1[O-]. The predicted molar refractivity (Wildman–Crippen MR) is 38.5 cm³/mol. The Morgan fingerprint density at radius 3 is 2.20 bits per heavy atom. The Bertz CT molecular complexity index is 118. The lowest BCUT2D eigenvalue weighted by Gasteiger charge is -2.43. The van der Waals surface area contributed by atoms with Crippen molar-refractivity contribution in [3.05, 3.63) is 10.4 Å². The van der Waals surface area contributed by atoms with Gasteiger partial charge in [-0.25, -0.2) is 0 Å². The van der Waals surface area contributed by atoms with Crippen LogP contribution in [-0.2, 0) is 0 Å². The van der Waals surface area contributed by atoms with Crippen LogP contribution in [0.25, 0.3) is 0 Å². The molecule has 1 atom stereocenters. The lowest BCUT2D eigenvalue weighted by atomic mass is 10.0. The van der Waals surface area contributed by atoms with Gasteiger partial charge in [-0.3, -0.25) is 0 Å². The molecule has 1 unspecified atom stereocenters. The minimum Gasteiger partial charge on any atom is -0.772 e. The maximum Gasteiger partial charge on any atom is 0.0136 e. The molecular weight excluding hydrogens is 132 g/mol. The van der Waals surface area contributed by atoms with E-state index in [4.69, 9.17) is 0 Å². The lowest BCUT2D eigenvalue weighted by Crippen LogP contribution is -2.34. The Kier molecular flexibility index (Phi) is 2.25. The van der Waals surface area contributed by atoms with Gasteiger partial charge in [-0.05, 0) is 12.3 Å². The molecule has 0 bridgehead atoms. The molecule has 1 rings (SSSR count). The summed E-state index contributed by atoms with van der Waals surface area (Å²) in [5.41, 5.74) is 0. The van der Waals surface area contributed by atoms with Crippen LogP contribution in [0.15, 0.2) is 0 Å². The van der Waals surface area contributed by atoms with E-state index in [1.54, 1.807) is 0 Å². The first kappa shape index (κ1) is 7.94. The van der Waals surface area contributed by atoms with E-state index in [0.717, 1.165) is 0 Å². The van der Waals surface area contributed by atoms with Crippen LogP contribution in [0.3, 0.4) is 0 Å². The van der Waals surface area contributed by atoms with Crippen LogP contribution in [0.2, 0.25) is 0 Å². The topological polar surface area (TPSA) is 52.6 Å². The van der Waals surface area contributed by atoms with Crippen molar-refractivity contribution in [1.82, 2.24) is 10.3 Å². The number of hydrogen-bond donors (Lipinski definition) is 0. The highest BCUT2D eigenvalue weighted by molar-refractivity contribution is 4.81. The van der Waals surface area contributed by atoms with Gasteiger partial charge in [0.1, 0.15) is 0 Å². The smallest absolute Gasteiger partial charge is 0.0136 e. The van der Waals surface area contributed by atoms with E-state index in [0.29, 0.717) is 23.3 Å². The van der Waals surface area contributed by atoms with E-state index in [-0.39, 0.29) is 12.0 Å². The largest absolute Gasteiger partial charge is 0.772 e. The van der Waals surface area contributed by atoms with Crippen molar-refractivity contribution in [2.45, 2.75) is 26.3 Å². The molecule has 1 fully saturated rings. The monoisotopic (exact) mass is 144 g/mol. The number of hydrogen-bond acceptors (Lipinski definition) is 4. The van der Waals surface area contributed by atoms with Crippen LogP contribution < -0.4 is 0 Å². The molecule has 4 nitrogen and oxygen atoms in total. The lowest BCUT2D eigenvalue weighted by molar-refractivity contribution is 0.0856. The molecule has 10 heavy (non-hydrogen) atoms. The van der Waals surface area contributed by atoms with Crippen LogP contribution >= 0.6 is 0 Å². The zero-order valence-electron chi connectivity index (χ0n) is 6.28. The molecular formula is C6H12N2O2-2. The summed E-state index contributed by atoms with van der Waals surface area (Å²) in [5.74, 6) is 0.274. The first-order valence-corrected chi connectivity index (χ1v) is 3.54. The van der Waals surface area contributed by atoms with Crippen molar-refractivity contribution >= 4 is 0 Å². The van der Waals surface area contributed by atoms with E-state index in [1.165, 1.54) is 0 Å². The van der Waals surface area contributed by atoms with Crippen molar-refractivity contribution in [2.24, 2.45) is 5.92 Å². The average Bonchev–Trinajstić information content (AvgIpc) is 2.14. The van der Waals surface area contributed by atoms with E-state index in [2.05, 4.69) is 0 Å². The van der Waals surface area contributed by atoms with Gasteiger partial charge < -0.3 is 20.8 Å². The molecule has 0 N–H and O–H groups in total. The molecule has 0 amide bonds. The van der Waals surface area contributed by atoms with Crippen LogP contribution in [0.1, 0.15) is 20.3 Å². The van der Waals surface area contributed by atoms with Gasteiger partial charge in [-0.15, -0.1) is 0 Å². The maximum atomic E-state index is 10.9. The Morgan fingerprint density at radius 2 is 2.00 bits per heavy atom. The zero-order chi connectivity index (χ0) is 7.72. The van der Waals surface area contributed by atoms with Gasteiger partial charge in [0.15, 0.2) is 0 Å². The second kappa shape index (κ2) is 2.84. The van der Waals surface area contributed by atoms with Gasteiger partial charge in [0, 0.05) is 12.6 Å². The quantitative estimate of drug-likeness (QED) is 0.549. The summed E-state index contributed by atoms with van der Waals surface area (Å²) in [6.07, 6.45) is 0.699. The minimum absolute atomic E-state index is 0.0995. The molecule has 0 saturated carbocycles. The fraction of sp³-hybridized carbons (Fsp3) is 1.00. The maximum absolute atomic E-state index is 10.9. The standard InChI is InChI=1S/C6H12N2O2/c1-5(2)6-3-4-7(9)8(6)10/h5-6H,3-4H2,1-2H3/q-2. The van der Waals surface area contributed by atoms with Crippen molar-refractivity contribution < 1.29 is 0 Å². The third-order valence-electron chi connectivity index (χ3n) is 1.89. The summed E-state index contributed by atoms with van der Waals surface area (Å²) < 4.78 is 0. The highest BCUT2D eigenvalue weighted by Gasteiger charge is 2.21. The molecule has 1 aliphatic rings. The number of hydroxylamine groups is 2. The molecule has 1 saturated heterocycles.